The summed E-state index contributed by atoms with van der Waals surface area (Å²) in [5, 5.41) is 27.2. The topological polar surface area (TPSA) is 161 Å². The van der Waals surface area contributed by atoms with Crippen LogP contribution in [0.2, 0.25) is 0 Å². The van der Waals surface area contributed by atoms with E-state index >= 15 is 0 Å². The van der Waals surface area contributed by atoms with E-state index in [1.807, 2.05) is 29.1 Å². The van der Waals surface area contributed by atoms with E-state index in [2.05, 4.69) is 32.9 Å². The molecular weight excluding hydrogens is 695 g/mol. The van der Waals surface area contributed by atoms with Crippen molar-refractivity contribution in [3.63, 3.8) is 0 Å². The molecule has 2 heterocycles. The molecule has 0 spiro atoms. The van der Waals surface area contributed by atoms with Gasteiger partial charge in [0.25, 0.3) is 0 Å². The fourth-order valence-electron chi connectivity index (χ4n) is 11.4. The number of benzene rings is 1. The molecule has 0 amide bonds. The van der Waals surface area contributed by atoms with Crippen molar-refractivity contribution in [2.24, 2.45) is 28.6 Å². The van der Waals surface area contributed by atoms with Gasteiger partial charge in [-0.05, 0) is 98.3 Å². The number of aliphatic hydroxyl groups is 2. The van der Waals surface area contributed by atoms with Crippen molar-refractivity contribution in [2.75, 3.05) is 19.4 Å². The maximum Gasteiger partial charge on any atom is 0.325 e. The smallest absolute Gasteiger partial charge is 0.325 e. The SMILES string of the molecule is CCCC1O[C@@H]2C[C@H]3[C@@H]4CCC5=Cc6c(cnn6-c6cccc(OCCCCCCCCCP(=O)(O)O)c6)C[C@]5(C)[C@H]4[C@@H](O)C[C@]3(C)[C@]2(C(=O)CO)O1. The first-order valence-electron chi connectivity index (χ1n) is 20.1. The minimum absolute atomic E-state index is 0.0193. The van der Waals surface area contributed by atoms with Crippen molar-refractivity contribution in [3.8, 4) is 11.4 Å². The van der Waals surface area contributed by atoms with E-state index in [9.17, 15) is 19.6 Å². The third kappa shape index (κ3) is 7.02. The Balaban J connectivity index is 1.01. The van der Waals surface area contributed by atoms with Crippen LogP contribution >= 0.6 is 7.60 Å². The van der Waals surface area contributed by atoms with Crippen molar-refractivity contribution in [3.05, 3.63) is 47.3 Å². The third-order valence-electron chi connectivity index (χ3n) is 13.7. The second kappa shape index (κ2) is 15.3. The highest BCUT2D eigenvalue weighted by molar-refractivity contribution is 7.51. The lowest BCUT2D eigenvalue weighted by Crippen LogP contribution is -2.64. The second-order valence-corrected chi connectivity index (χ2v) is 18.8. The molecule has 53 heavy (non-hydrogen) atoms. The van der Waals surface area contributed by atoms with Crippen molar-refractivity contribution >= 4 is 19.5 Å². The maximum absolute atomic E-state index is 13.6. The highest BCUT2D eigenvalue weighted by atomic mass is 31.2. The van der Waals surface area contributed by atoms with Crippen LogP contribution in [0.3, 0.4) is 0 Å². The number of aromatic nitrogens is 2. The monoisotopic (exact) mass is 754 g/mol. The van der Waals surface area contributed by atoms with Crippen molar-refractivity contribution in [1.29, 1.82) is 0 Å². The molecule has 1 aliphatic heterocycles. The van der Waals surface area contributed by atoms with Gasteiger partial charge >= 0.3 is 7.60 Å². The zero-order chi connectivity index (χ0) is 37.6. The van der Waals surface area contributed by atoms with Crippen LogP contribution in [0.25, 0.3) is 11.8 Å². The molecule has 1 unspecified atom stereocenters. The van der Waals surface area contributed by atoms with E-state index in [1.54, 1.807) is 0 Å². The molecule has 12 heteroatoms. The number of hydrogen-bond donors (Lipinski definition) is 4. The number of hydrogen-bond acceptors (Lipinski definition) is 8. The third-order valence-corrected chi connectivity index (χ3v) is 14.6. The molecule has 4 N–H and O–H groups in total. The van der Waals surface area contributed by atoms with Gasteiger partial charge in [0.1, 0.15) is 12.4 Å². The average molecular weight is 755 g/mol. The Kier molecular flexibility index (Phi) is 11.2. The van der Waals surface area contributed by atoms with E-state index in [4.69, 9.17) is 29.1 Å². The van der Waals surface area contributed by atoms with Gasteiger partial charge in [0.15, 0.2) is 17.7 Å². The molecule has 9 atom stereocenters. The number of unbranched alkanes of at least 4 members (excludes halogenated alkanes) is 6. The van der Waals surface area contributed by atoms with Gasteiger partial charge in [0.2, 0.25) is 0 Å². The average Bonchev–Trinajstić information content (AvgIpc) is 3.76. The van der Waals surface area contributed by atoms with Crippen LogP contribution in [0, 0.1) is 28.6 Å². The Morgan fingerprint density at radius 2 is 1.87 bits per heavy atom. The second-order valence-electron chi connectivity index (χ2n) is 17.0. The fourth-order valence-corrected chi connectivity index (χ4v) is 12.0. The molecule has 1 saturated heterocycles. The van der Waals surface area contributed by atoms with Crippen LogP contribution in [-0.2, 0) is 25.3 Å². The van der Waals surface area contributed by atoms with Gasteiger partial charge in [-0.15, -0.1) is 0 Å². The van der Waals surface area contributed by atoms with Gasteiger partial charge in [0, 0.05) is 17.6 Å². The van der Waals surface area contributed by atoms with E-state index < -0.39 is 43.7 Å². The molecule has 11 nitrogen and oxygen atoms in total. The minimum Gasteiger partial charge on any atom is -0.494 e. The Bertz CT molecular complexity index is 1720. The summed E-state index contributed by atoms with van der Waals surface area (Å²) in [4.78, 5) is 31.6. The number of carbonyl (C=O) groups is 1. The van der Waals surface area contributed by atoms with E-state index in [-0.39, 0.29) is 35.1 Å². The Morgan fingerprint density at radius 3 is 2.60 bits per heavy atom. The zero-order valence-electron chi connectivity index (χ0n) is 31.6. The number of aliphatic hydroxyl groups excluding tert-OH is 2. The van der Waals surface area contributed by atoms with E-state index in [0.29, 0.717) is 32.3 Å². The lowest BCUT2D eigenvalue weighted by Gasteiger charge is -2.60. The van der Waals surface area contributed by atoms with Gasteiger partial charge in [-0.2, -0.15) is 5.10 Å². The molecular formula is C41H59N2O9P. The van der Waals surface area contributed by atoms with Crippen LogP contribution < -0.4 is 4.74 Å². The van der Waals surface area contributed by atoms with Gasteiger partial charge < -0.3 is 34.2 Å². The standard InChI is InChI=1S/C41H59N2O9P/c1-4-13-37-51-36-22-32-31-17-16-28-20-33-27(23-39(28,2)38(31)34(45)24-40(32,3)41(36,52-37)35(46)26-44)25-42-43(33)29-14-12-15-30(21-29)50-18-10-8-6-5-7-9-11-19-53(47,48)49/h12,14-15,20-21,25,31-32,34,36-38,44-45H,4-11,13,16-19,22-24,26H2,1-3H3,(H2,47,48,49)/t31-,32-,34-,36+,37?,38+,39-,40-,41+/m0/s1. The van der Waals surface area contributed by atoms with Crippen LogP contribution in [0.15, 0.2) is 36.0 Å². The van der Waals surface area contributed by atoms with Crippen LogP contribution in [0.5, 0.6) is 5.75 Å². The van der Waals surface area contributed by atoms with Crippen molar-refractivity contribution in [2.45, 2.75) is 135 Å². The molecule has 1 aromatic heterocycles. The maximum atomic E-state index is 13.6. The molecule has 0 bridgehead atoms. The molecule has 5 aliphatic rings. The number of Topliss-reactive ketones (excluding diaryl/α,β-unsaturated/α-hetero) is 1. The number of fused-ring (bicyclic) bond motifs is 8. The van der Waals surface area contributed by atoms with Gasteiger partial charge in [-0.3, -0.25) is 9.36 Å². The molecule has 2 aromatic rings. The van der Waals surface area contributed by atoms with Gasteiger partial charge in [-0.1, -0.05) is 70.9 Å². The molecule has 0 radical (unpaired) electrons. The quantitative estimate of drug-likeness (QED) is 0.106. The summed E-state index contributed by atoms with van der Waals surface area (Å²) < 4.78 is 32.1. The normalized spacial score (nSPS) is 34.4. The summed E-state index contributed by atoms with van der Waals surface area (Å²) in [6, 6.07) is 8.07. The van der Waals surface area contributed by atoms with Crippen LogP contribution in [0.1, 0.15) is 115 Å². The highest BCUT2D eigenvalue weighted by Gasteiger charge is 2.75. The Morgan fingerprint density at radius 1 is 1.11 bits per heavy atom. The van der Waals surface area contributed by atoms with E-state index in [0.717, 1.165) is 86.9 Å². The largest absolute Gasteiger partial charge is 0.494 e. The fraction of sp³-hybridized carbons (Fsp3) is 0.707. The predicted molar refractivity (Wildman–Crippen MR) is 201 cm³/mol. The van der Waals surface area contributed by atoms with E-state index in [1.165, 1.54) is 5.57 Å². The molecule has 4 fully saturated rings. The molecule has 1 aromatic carbocycles. The van der Waals surface area contributed by atoms with Gasteiger partial charge in [-0.25, -0.2) is 4.68 Å². The molecule has 7 rings (SSSR count). The number of allylic oxidation sites excluding steroid dienone is 1. The van der Waals surface area contributed by atoms with Crippen molar-refractivity contribution < 1.29 is 43.6 Å². The number of nitrogens with zero attached hydrogens (tertiary/aromatic N) is 2. The number of ether oxygens (including phenoxy) is 3. The summed E-state index contributed by atoms with van der Waals surface area (Å²) in [6.07, 6.45) is 14.6. The first-order chi connectivity index (χ1) is 25.3. The number of rotatable bonds is 16. The summed E-state index contributed by atoms with van der Waals surface area (Å²) in [5.41, 5.74) is 2.42. The first kappa shape index (κ1) is 38.9. The summed E-state index contributed by atoms with van der Waals surface area (Å²) >= 11 is 0. The lowest BCUT2D eigenvalue weighted by molar-refractivity contribution is -0.202. The number of ketones is 1. The minimum atomic E-state index is -3.88. The summed E-state index contributed by atoms with van der Waals surface area (Å²) in [6.45, 7) is 6.53. The predicted octanol–water partition coefficient (Wildman–Crippen LogP) is 6.76. The number of carbonyl (C=O) groups excluding carboxylic acids is 1. The molecule has 4 aliphatic carbocycles. The molecule has 3 saturated carbocycles. The molecule has 292 valence electrons. The van der Waals surface area contributed by atoms with Gasteiger partial charge in [0.05, 0.1) is 36.4 Å². The first-order valence-corrected chi connectivity index (χ1v) is 21.9. The highest BCUT2D eigenvalue weighted by Crippen LogP contribution is 2.70. The zero-order valence-corrected chi connectivity index (χ0v) is 32.5. The summed E-state index contributed by atoms with van der Waals surface area (Å²) in [7, 11) is -3.88. The van der Waals surface area contributed by atoms with Crippen molar-refractivity contribution in [1.82, 2.24) is 9.78 Å². The van der Waals surface area contributed by atoms with Crippen LogP contribution in [0.4, 0.5) is 0 Å². The Hall–Kier alpha value is -2.37. The van der Waals surface area contributed by atoms with Crippen LogP contribution in [-0.4, -0.2) is 79.0 Å². The Labute approximate surface area is 313 Å². The summed E-state index contributed by atoms with van der Waals surface area (Å²) in [5.74, 6) is 0.846. The lowest BCUT2D eigenvalue weighted by atomic mass is 9.45.